The second-order valence-corrected chi connectivity index (χ2v) is 7.60. The van der Waals surface area contributed by atoms with Gasteiger partial charge in [0.1, 0.15) is 0 Å². The maximum Gasteiger partial charge on any atom is 0.231 e. The van der Waals surface area contributed by atoms with Gasteiger partial charge in [-0.1, -0.05) is 0 Å². The van der Waals surface area contributed by atoms with Gasteiger partial charge in [0.2, 0.25) is 5.91 Å². The molecule has 5 heteroatoms. The molecule has 4 nitrogen and oxygen atoms in total. The Balaban J connectivity index is 1.74. The highest BCUT2D eigenvalue weighted by molar-refractivity contribution is 7.16. The zero-order valence-electron chi connectivity index (χ0n) is 13.4. The van der Waals surface area contributed by atoms with E-state index in [-0.39, 0.29) is 11.3 Å². The van der Waals surface area contributed by atoms with Gasteiger partial charge in [0.15, 0.2) is 0 Å². The highest BCUT2D eigenvalue weighted by Gasteiger charge is 2.38. The van der Waals surface area contributed by atoms with E-state index in [0.29, 0.717) is 6.04 Å². The number of carbonyl (C=O) groups is 1. The van der Waals surface area contributed by atoms with Crippen molar-refractivity contribution in [1.82, 2.24) is 9.88 Å². The highest BCUT2D eigenvalue weighted by atomic mass is 32.1. The van der Waals surface area contributed by atoms with Crippen LogP contribution >= 0.6 is 11.3 Å². The molecule has 1 N–H and O–H groups in total. The monoisotopic (exact) mass is 317 g/mol. The normalized spacial score (nSPS) is 23.1. The van der Waals surface area contributed by atoms with Crippen LogP contribution < -0.4 is 5.32 Å². The Labute approximate surface area is 135 Å². The summed E-state index contributed by atoms with van der Waals surface area (Å²) in [5.41, 5.74) is 3.30. The zero-order valence-corrected chi connectivity index (χ0v) is 14.2. The summed E-state index contributed by atoms with van der Waals surface area (Å²) in [6.07, 6.45) is 2.02. The number of amides is 1. The number of rotatable bonds is 3. The molecule has 1 aromatic carbocycles. The number of carbonyl (C=O) groups excluding carboxylic acids is 1. The third-order valence-electron chi connectivity index (χ3n) is 4.59. The van der Waals surface area contributed by atoms with Crippen LogP contribution in [0.25, 0.3) is 10.2 Å². The predicted octanol–water partition coefficient (Wildman–Crippen LogP) is 3.75. The van der Waals surface area contributed by atoms with Crippen LogP contribution in [0.4, 0.5) is 5.69 Å². The van der Waals surface area contributed by atoms with Crippen molar-refractivity contribution in [2.75, 3.05) is 18.4 Å². The van der Waals surface area contributed by atoms with Crippen molar-refractivity contribution >= 4 is 33.1 Å². The van der Waals surface area contributed by atoms with Gasteiger partial charge in [-0.25, -0.2) is 4.98 Å². The number of anilines is 1. The first-order chi connectivity index (χ1) is 10.5. The molecule has 0 spiro atoms. The maximum atomic E-state index is 12.8. The van der Waals surface area contributed by atoms with E-state index in [1.54, 1.807) is 11.3 Å². The standard InChI is InChI=1S/C17H23N3OS/c1-12(2)20-8-4-7-17(3,10-20)16(21)19-13-5-6-15-14(9-13)18-11-22-15/h5-6,9,11-12H,4,7-8,10H2,1-3H3,(H,19,21). The smallest absolute Gasteiger partial charge is 0.231 e. The van der Waals surface area contributed by atoms with E-state index in [1.165, 1.54) is 0 Å². The fraction of sp³-hybridized carbons (Fsp3) is 0.529. The van der Waals surface area contributed by atoms with Crippen LogP contribution in [-0.4, -0.2) is 34.9 Å². The van der Waals surface area contributed by atoms with Gasteiger partial charge >= 0.3 is 0 Å². The Hall–Kier alpha value is -1.46. The highest BCUT2D eigenvalue weighted by Crippen LogP contribution is 2.32. The van der Waals surface area contributed by atoms with Crippen LogP contribution in [-0.2, 0) is 4.79 Å². The summed E-state index contributed by atoms with van der Waals surface area (Å²) in [5, 5.41) is 3.09. The lowest BCUT2D eigenvalue weighted by Crippen LogP contribution is -2.50. The summed E-state index contributed by atoms with van der Waals surface area (Å²) >= 11 is 1.62. The topological polar surface area (TPSA) is 45.2 Å². The average Bonchev–Trinajstić information content (AvgIpc) is 2.94. The lowest BCUT2D eigenvalue weighted by molar-refractivity contribution is -0.128. The van der Waals surface area contributed by atoms with Crippen molar-refractivity contribution in [3.8, 4) is 0 Å². The molecule has 2 heterocycles. The molecule has 1 aliphatic rings. The van der Waals surface area contributed by atoms with E-state index < -0.39 is 0 Å². The molecule has 118 valence electrons. The first-order valence-electron chi connectivity index (χ1n) is 7.87. The first-order valence-corrected chi connectivity index (χ1v) is 8.75. The van der Waals surface area contributed by atoms with E-state index in [2.05, 4.69) is 36.0 Å². The summed E-state index contributed by atoms with van der Waals surface area (Å²) < 4.78 is 1.15. The summed E-state index contributed by atoms with van der Waals surface area (Å²) in [6, 6.07) is 6.42. The van der Waals surface area contributed by atoms with Crippen LogP contribution in [0.5, 0.6) is 0 Å². The molecule has 1 unspecified atom stereocenters. The molecular weight excluding hydrogens is 294 g/mol. The van der Waals surface area contributed by atoms with Gasteiger partial charge in [0.25, 0.3) is 0 Å². The van der Waals surface area contributed by atoms with Gasteiger partial charge in [-0.15, -0.1) is 11.3 Å². The number of piperidine rings is 1. The molecule has 22 heavy (non-hydrogen) atoms. The molecule has 1 fully saturated rings. The number of hydrogen-bond donors (Lipinski definition) is 1. The average molecular weight is 317 g/mol. The van der Waals surface area contributed by atoms with Crippen molar-refractivity contribution in [2.45, 2.75) is 39.7 Å². The number of likely N-dealkylation sites (tertiary alicyclic amines) is 1. The Morgan fingerprint density at radius 2 is 2.27 bits per heavy atom. The van der Waals surface area contributed by atoms with Crippen molar-refractivity contribution in [2.24, 2.45) is 5.41 Å². The van der Waals surface area contributed by atoms with Gasteiger partial charge in [-0.2, -0.15) is 0 Å². The van der Waals surface area contributed by atoms with Crippen molar-refractivity contribution in [1.29, 1.82) is 0 Å². The number of nitrogens with zero attached hydrogens (tertiary/aromatic N) is 2. The minimum Gasteiger partial charge on any atom is -0.325 e. The van der Waals surface area contributed by atoms with Gasteiger partial charge < -0.3 is 5.32 Å². The molecule has 0 radical (unpaired) electrons. The van der Waals surface area contributed by atoms with Gasteiger partial charge in [-0.3, -0.25) is 9.69 Å². The lowest BCUT2D eigenvalue weighted by Gasteiger charge is -2.41. The Bertz CT molecular complexity index is 681. The van der Waals surface area contributed by atoms with Crippen LogP contribution in [0.15, 0.2) is 23.7 Å². The molecule has 0 saturated carbocycles. The molecular formula is C17H23N3OS. The minimum absolute atomic E-state index is 0.118. The van der Waals surface area contributed by atoms with E-state index >= 15 is 0 Å². The number of nitrogens with one attached hydrogen (secondary N) is 1. The fourth-order valence-corrected chi connectivity index (χ4v) is 3.78. The largest absolute Gasteiger partial charge is 0.325 e. The third-order valence-corrected chi connectivity index (χ3v) is 5.40. The minimum atomic E-state index is -0.320. The number of hydrogen-bond acceptors (Lipinski definition) is 4. The summed E-state index contributed by atoms with van der Waals surface area (Å²) in [5.74, 6) is 0.118. The van der Waals surface area contributed by atoms with Crippen LogP contribution in [0.2, 0.25) is 0 Å². The van der Waals surface area contributed by atoms with Gasteiger partial charge in [0.05, 0.1) is 21.1 Å². The van der Waals surface area contributed by atoms with Gasteiger partial charge in [0, 0.05) is 18.3 Å². The molecule has 0 aliphatic carbocycles. The van der Waals surface area contributed by atoms with E-state index in [4.69, 9.17) is 0 Å². The van der Waals surface area contributed by atoms with Crippen LogP contribution in [0.1, 0.15) is 33.6 Å². The maximum absolute atomic E-state index is 12.8. The molecule has 1 saturated heterocycles. The summed E-state index contributed by atoms with van der Waals surface area (Å²) in [4.78, 5) is 19.5. The Kier molecular flexibility index (Phi) is 4.19. The molecule has 2 aromatic rings. The fourth-order valence-electron chi connectivity index (χ4n) is 3.12. The number of aromatic nitrogens is 1. The predicted molar refractivity (Wildman–Crippen MR) is 92.3 cm³/mol. The third kappa shape index (κ3) is 3.01. The van der Waals surface area contributed by atoms with Crippen molar-refractivity contribution < 1.29 is 4.79 Å². The van der Waals surface area contributed by atoms with E-state index in [1.807, 2.05) is 23.7 Å². The first kappa shape index (κ1) is 15.4. The summed E-state index contributed by atoms with van der Waals surface area (Å²) in [7, 11) is 0. The van der Waals surface area contributed by atoms with E-state index in [0.717, 1.165) is 41.8 Å². The summed E-state index contributed by atoms with van der Waals surface area (Å²) in [6.45, 7) is 8.39. The number of thiazole rings is 1. The molecule has 1 atom stereocenters. The lowest BCUT2D eigenvalue weighted by atomic mass is 9.80. The second kappa shape index (κ2) is 5.97. The van der Waals surface area contributed by atoms with Crippen molar-refractivity contribution in [3.63, 3.8) is 0 Å². The van der Waals surface area contributed by atoms with Crippen LogP contribution in [0, 0.1) is 5.41 Å². The molecule has 0 bridgehead atoms. The molecule has 1 aromatic heterocycles. The number of benzene rings is 1. The SMILES string of the molecule is CC(C)N1CCCC(C)(C(=O)Nc2ccc3scnc3c2)C1. The Morgan fingerprint density at radius 1 is 1.45 bits per heavy atom. The molecule has 1 amide bonds. The van der Waals surface area contributed by atoms with Crippen LogP contribution in [0.3, 0.4) is 0 Å². The number of fused-ring (bicyclic) bond motifs is 1. The zero-order chi connectivity index (χ0) is 15.7. The molecule has 3 rings (SSSR count). The second-order valence-electron chi connectivity index (χ2n) is 6.72. The van der Waals surface area contributed by atoms with Crippen molar-refractivity contribution in [3.05, 3.63) is 23.7 Å². The Morgan fingerprint density at radius 3 is 3.05 bits per heavy atom. The van der Waals surface area contributed by atoms with E-state index in [9.17, 15) is 4.79 Å². The molecule has 1 aliphatic heterocycles. The van der Waals surface area contributed by atoms with Gasteiger partial charge in [-0.05, 0) is 58.4 Å². The quantitative estimate of drug-likeness (QED) is 0.938.